The highest BCUT2D eigenvalue weighted by atomic mass is 15.1. The number of anilines is 1. The van der Waals surface area contributed by atoms with Gasteiger partial charge in [0.1, 0.15) is 0 Å². The molecule has 0 radical (unpaired) electrons. The normalized spacial score (nSPS) is 22.8. The second-order valence-electron chi connectivity index (χ2n) is 3.86. The maximum absolute atomic E-state index is 5.77. The molecule has 0 saturated heterocycles. The third kappa shape index (κ3) is 1.42. The van der Waals surface area contributed by atoms with E-state index < -0.39 is 0 Å². The number of nitrogens with zero attached hydrogens (tertiary/aromatic N) is 1. The molecule has 0 spiro atoms. The zero-order valence-electron chi connectivity index (χ0n) is 8.25. The van der Waals surface area contributed by atoms with Crippen molar-refractivity contribution >= 4 is 5.69 Å². The summed E-state index contributed by atoms with van der Waals surface area (Å²) in [5, 5.41) is 0. The monoisotopic (exact) mass is 176 g/mol. The average molecular weight is 176 g/mol. The lowest BCUT2D eigenvalue weighted by Crippen LogP contribution is -2.30. The summed E-state index contributed by atoms with van der Waals surface area (Å²) in [5.74, 6) is 0. The zero-order chi connectivity index (χ0) is 9.42. The van der Waals surface area contributed by atoms with E-state index in [0.717, 1.165) is 18.7 Å². The van der Waals surface area contributed by atoms with Gasteiger partial charge in [0, 0.05) is 18.3 Å². The van der Waals surface area contributed by atoms with E-state index in [4.69, 9.17) is 5.73 Å². The second kappa shape index (κ2) is 3.04. The smallest absolute Gasteiger partial charge is 0.0320 e. The Morgan fingerprint density at radius 2 is 2.23 bits per heavy atom. The van der Waals surface area contributed by atoms with Crippen molar-refractivity contribution in [3.8, 4) is 0 Å². The van der Waals surface area contributed by atoms with Crippen molar-refractivity contribution in [2.45, 2.75) is 19.4 Å². The van der Waals surface area contributed by atoms with E-state index in [1.54, 1.807) is 0 Å². The fraction of sp³-hybridized carbons (Fsp3) is 0.455. The molecule has 0 aliphatic carbocycles. The molecule has 2 heteroatoms. The van der Waals surface area contributed by atoms with Gasteiger partial charge >= 0.3 is 0 Å². The van der Waals surface area contributed by atoms with Gasteiger partial charge in [0.2, 0.25) is 0 Å². The molecule has 1 atom stereocenters. The van der Waals surface area contributed by atoms with Crippen LogP contribution in [0.4, 0.5) is 5.69 Å². The number of nitrogens with two attached hydrogens (primary N) is 1. The first-order valence-electron chi connectivity index (χ1n) is 4.77. The van der Waals surface area contributed by atoms with Gasteiger partial charge < -0.3 is 5.73 Å². The van der Waals surface area contributed by atoms with Crippen LogP contribution in [-0.4, -0.2) is 18.5 Å². The van der Waals surface area contributed by atoms with Crippen LogP contribution in [0.1, 0.15) is 24.1 Å². The largest absolute Gasteiger partial charge is 0.399 e. The SMILES string of the molecule is C[C@@H]1c2cc(N)ccc2CCN1C. The first kappa shape index (κ1) is 8.57. The number of nitrogen functional groups attached to an aromatic ring is 1. The average Bonchev–Trinajstić information content (AvgIpc) is 2.12. The van der Waals surface area contributed by atoms with Crippen molar-refractivity contribution in [3.63, 3.8) is 0 Å². The summed E-state index contributed by atoms with van der Waals surface area (Å²) in [7, 11) is 2.16. The van der Waals surface area contributed by atoms with E-state index in [1.807, 2.05) is 6.07 Å². The molecule has 1 aromatic rings. The van der Waals surface area contributed by atoms with Crippen LogP contribution in [0, 0.1) is 0 Å². The van der Waals surface area contributed by atoms with Crippen LogP contribution in [0.25, 0.3) is 0 Å². The van der Waals surface area contributed by atoms with Gasteiger partial charge in [-0.1, -0.05) is 6.07 Å². The van der Waals surface area contributed by atoms with Crippen LogP contribution in [0.3, 0.4) is 0 Å². The van der Waals surface area contributed by atoms with Crippen molar-refractivity contribution in [2.24, 2.45) is 0 Å². The topological polar surface area (TPSA) is 29.3 Å². The predicted octanol–water partition coefficient (Wildman–Crippen LogP) is 1.82. The van der Waals surface area contributed by atoms with Crippen LogP contribution in [0.5, 0.6) is 0 Å². The number of benzene rings is 1. The van der Waals surface area contributed by atoms with Crippen molar-refractivity contribution in [1.82, 2.24) is 4.90 Å². The summed E-state index contributed by atoms with van der Waals surface area (Å²) in [4.78, 5) is 2.36. The van der Waals surface area contributed by atoms with E-state index in [-0.39, 0.29) is 0 Å². The molecule has 0 saturated carbocycles. The summed E-state index contributed by atoms with van der Waals surface area (Å²) in [6.45, 7) is 3.38. The van der Waals surface area contributed by atoms with Crippen LogP contribution in [0.2, 0.25) is 0 Å². The fourth-order valence-corrected chi connectivity index (χ4v) is 1.96. The lowest BCUT2D eigenvalue weighted by Gasteiger charge is -2.32. The molecule has 2 N–H and O–H groups in total. The lowest BCUT2D eigenvalue weighted by molar-refractivity contribution is 0.247. The van der Waals surface area contributed by atoms with Crippen molar-refractivity contribution in [1.29, 1.82) is 0 Å². The van der Waals surface area contributed by atoms with Gasteiger partial charge in [-0.2, -0.15) is 0 Å². The van der Waals surface area contributed by atoms with Crippen LogP contribution >= 0.6 is 0 Å². The van der Waals surface area contributed by atoms with E-state index in [9.17, 15) is 0 Å². The Labute approximate surface area is 79.4 Å². The number of fused-ring (bicyclic) bond motifs is 1. The Balaban J connectivity index is 2.45. The Kier molecular flexibility index (Phi) is 2.00. The Morgan fingerprint density at radius 1 is 1.46 bits per heavy atom. The Hall–Kier alpha value is -1.02. The Bertz CT molecular complexity index is 320. The van der Waals surface area contributed by atoms with Crippen LogP contribution < -0.4 is 5.73 Å². The van der Waals surface area contributed by atoms with Crippen LogP contribution in [-0.2, 0) is 6.42 Å². The standard InChI is InChI=1S/C11H16N2/c1-8-11-7-10(12)4-3-9(11)5-6-13(8)2/h3-4,7-8H,5-6,12H2,1-2H3/t8-/m1/s1. The quantitative estimate of drug-likeness (QED) is 0.611. The number of rotatable bonds is 0. The third-order valence-corrected chi connectivity index (χ3v) is 3.02. The van der Waals surface area contributed by atoms with Gasteiger partial charge in [0.05, 0.1) is 0 Å². The molecule has 70 valence electrons. The van der Waals surface area contributed by atoms with Gasteiger partial charge in [-0.25, -0.2) is 0 Å². The van der Waals surface area contributed by atoms with Gasteiger partial charge in [-0.3, -0.25) is 4.90 Å². The van der Waals surface area contributed by atoms with Crippen molar-refractivity contribution in [2.75, 3.05) is 19.3 Å². The number of hydrogen-bond acceptors (Lipinski definition) is 2. The number of likely N-dealkylation sites (N-methyl/N-ethyl adjacent to an activating group) is 1. The highest BCUT2D eigenvalue weighted by Gasteiger charge is 2.20. The molecule has 0 fully saturated rings. The molecule has 0 amide bonds. The zero-order valence-corrected chi connectivity index (χ0v) is 8.25. The third-order valence-electron chi connectivity index (χ3n) is 3.02. The summed E-state index contributed by atoms with van der Waals surface area (Å²) >= 11 is 0. The van der Waals surface area contributed by atoms with Crippen molar-refractivity contribution in [3.05, 3.63) is 29.3 Å². The van der Waals surface area contributed by atoms with Gasteiger partial charge in [0.25, 0.3) is 0 Å². The molecule has 0 aromatic heterocycles. The molecular formula is C11H16N2. The summed E-state index contributed by atoms with van der Waals surface area (Å²) in [5.41, 5.74) is 9.50. The predicted molar refractivity (Wildman–Crippen MR) is 55.6 cm³/mol. The molecule has 1 aromatic carbocycles. The van der Waals surface area contributed by atoms with Crippen LogP contribution in [0.15, 0.2) is 18.2 Å². The Morgan fingerprint density at radius 3 is 3.00 bits per heavy atom. The minimum Gasteiger partial charge on any atom is -0.399 e. The molecule has 0 unspecified atom stereocenters. The molecule has 1 aliphatic heterocycles. The van der Waals surface area contributed by atoms with E-state index in [1.165, 1.54) is 11.1 Å². The second-order valence-corrected chi connectivity index (χ2v) is 3.86. The first-order valence-corrected chi connectivity index (χ1v) is 4.77. The highest BCUT2D eigenvalue weighted by Crippen LogP contribution is 2.29. The molecule has 2 nitrogen and oxygen atoms in total. The maximum atomic E-state index is 5.77. The van der Waals surface area contributed by atoms with E-state index in [0.29, 0.717) is 6.04 Å². The molecule has 1 aliphatic rings. The molecule has 0 bridgehead atoms. The summed E-state index contributed by atoms with van der Waals surface area (Å²) in [6.07, 6.45) is 1.15. The molecule has 2 rings (SSSR count). The minimum atomic E-state index is 0.507. The molecule has 13 heavy (non-hydrogen) atoms. The van der Waals surface area contributed by atoms with E-state index in [2.05, 4.69) is 31.0 Å². The highest BCUT2D eigenvalue weighted by molar-refractivity contribution is 5.46. The van der Waals surface area contributed by atoms with Gasteiger partial charge in [-0.05, 0) is 43.7 Å². The van der Waals surface area contributed by atoms with Gasteiger partial charge in [0.15, 0.2) is 0 Å². The summed E-state index contributed by atoms with van der Waals surface area (Å²) < 4.78 is 0. The van der Waals surface area contributed by atoms with Crippen molar-refractivity contribution < 1.29 is 0 Å². The molecule has 1 heterocycles. The fourth-order valence-electron chi connectivity index (χ4n) is 1.96. The first-order chi connectivity index (χ1) is 6.18. The lowest BCUT2D eigenvalue weighted by atomic mass is 9.93. The summed E-state index contributed by atoms with van der Waals surface area (Å²) in [6, 6.07) is 6.77. The van der Waals surface area contributed by atoms with E-state index >= 15 is 0 Å². The molecular weight excluding hydrogens is 160 g/mol. The minimum absolute atomic E-state index is 0.507. The van der Waals surface area contributed by atoms with Gasteiger partial charge in [-0.15, -0.1) is 0 Å². The number of hydrogen-bond donors (Lipinski definition) is 1. The maximum Gasteiger partial charge on any atom is 0.0320 e.